The van der Waals surface area contributed by atoms with Gasteiger partial charge in [0.2, 0.25) is 0 Å². The summed E-state index contributed by atoms with van der Waals surface area (Å²) in [5, 5.41) is 2.04. The summed E-state index contributed by atoms with van der Waals surface area (Å²) >= 11 is 5.06. The molecular weight excluding hydrogens is 301 g/mol. The molecule has 0 aliphatic rings. The fraction of sp³-hybridized carbons (Fsp3) is 0.231. The summed E-state index contributed by atoms with van der Waals surface area (Å²) < 4.78 is 14.4. The van der Waals surface area contributed by atoms with Crippen molar-refractivity contribution in [3.63, 3.8) is 0 Å². The van der Waals surface area contributed by atoms with Crippen LogP contribution in [0.1, 0.15) is 22.9 Å². The Kier molecular flexibility index (Phi) is 4.31. The van der Waals surface area contributed by atoms with Crippen LogP contribution in [0.15, 0.2) is 40.2 Å². The highest BCUT2D eigenvalue weighted by atomic mass is 79.9. The number of aryl methyl sites for hydroxylation is 1. The van der Waals surface area contributed by atoms with Gasteiger partial charge in [-0.2, -0.15) is 0 Å². The summed E-state index contributed by atoms with van der Waals surface area (Å²) in [5.41, 5.74) is 6.62. The van der Waals surface area contributed by atoms with Gasteiger partial charge < -0.3 is 5.73 Å². The van der Waals surface area contributed by atoms with Gasteiger partial charge in [0.1, 0.15) is 5.82 Å². The predicted molar refractivity (Wildman–Crippen MR) is 73.7 cm³/mol. The largest absolute Gasteiger partial charge is 0.324 e. The Morgan fingerprint density at radius 3 is 2.76 bits per heavy atom. The van der Waals surface area contributed by atoms with Gasteiger partial charge in [0.05, 0.1) is 0 Å². The third-order valence-electron chi connectivity index (χ3n) is 2.65. The molecule has 0 saturated heterocycles. The van der Waals surface area contributed by atoms with E-state index in [4.69, 9.17) is 5.73 Å². The second-order valence-electron chi connectivity index (χ2n) is 3.86. The number of nitrogens with two attached hydrogens (primary N) is 1. The quantitative estimate of drug-likeness (QED) is 0.895. The molecule has 0 spiro atoms. The van der Waals surface area contributed by atoms with Crippen LogP contribution in [0.2, 0.25) is 0 Å². The molecule has 0 aliphatic heterocycles. The number of hydrogen-bond donors (Lipinski definition) is 1. The highest BCUT2D eigenvalue weighted by Crippen LogP contribution is 2.28. The van der Waals surface area contributed by atoms with Crippen LogP contribution in [0.5, 0.6) is 0 Å². The van der Waals surface area contributed by atoms with Crippen molar-refractivity contribution in [3.8, 4) is 0 Å². The van der Waals surface area contributed by atoms with Crippen molar-refractivity contribution in [3.05, 3.63) is 56.4 Å². The van der Waals surface area contributed by atoms with E-state index in [-0.39, 0.29) is 11.9 Å². The van der Waals surface area contributed by atoms with Crippen LogP contribution in [0.4, 0.5) is 4.39 Å². The third kappa shape index (κ3) is 3.15. The highest BCUT2D eigenvalue weighted by molar-refractivity contribution is 9.10. The lowest BCUT2D eigenvalue weighted by atomic mass is 10.0. The molecule has 0 amide bonds. The van der Waals surface area contributed by atoms with E-state index in [9.17, 15) is 4.39 Å². The van der Waals surface area contributed by atoms with Gasteiger partial charge >= 0.3 is 0 Å². The summed E-state index contributed by atoms with van der Waals surface area (Å²) in [6.07, 6.45) is 1.64. The molecule has 0 radical (unpaired) electrons. The topological polar surface area (TPSA) is 26.0 Å². The molecule has 0 saturated carbocycles. The molecule has 90 valence electrons. The first-order valence-electron chi connectivity index (χ1n) is 5.40. The van der Waals surface area contributed by atoms with Gasteiger partial charge in [-0.1, -0.05) is 28.1 Å². The first kappa shape index (κ1) is 12.7. The van der Waals surface area contributed by atoms with Crippen LogP contribution in [-0.2, 0) is 6.42 Å². The molecule has 2 aromatic rings. The van der Waals surface area contributed by atoms with Gasteiger partial charge in [0.25, 0.3) is 0 Å². The monoisotopic (exact) mass is 313 g/mol. The van der Waals surface area contributed by atoms with E-state index in [2.05, 4.69) is 22.0 Å². The van der Waals surface area contributed by atoms with E-state index in [0.717, 1.165) is 17.3 Å². The molecule has 17 heavy (non-hydrogen) atoms. The molecule has 1 atom stereocenters. The number of rotatable bonds is 4. The maximum atomic E-state index is 13.7. The average molecular weight is 314 g/mol. The normalized spacial score (nSPS) is 12.6. The second-order valence-corrected chi connectivity index (χ2v) is 5.75. The Hall–Kier alpha value is -0.710. The molecule has 0 aliphatic carbocycles. The Labute approximate surface area is 113 Å². The molecule has 1 heterocycles. The standard InChI is InChI=1S/C13H13BrFNS/c14-10-4-1-5-11(15)13(10)12(16)7-6-9-3-2-8-17-9/h1-5,8,12H,6-7,16H2. The fourth-order valence-electron chi connectivity index (χ4n) is 1.76. The third-order valence-corrected chi connectivity index (χ3v) is 4.28. The smallest absolute Gasteiger partial charge is 0.129 e. The number of halogens is 2. The van der Waals surface area contributed by atoms with Crippen molar-refractivity contribution >= 4 is 27.3 Å². The minimum Gasteiger partial charge on any atom is -0.324 e. The molecular formula is C13H13BrFNS. The predicted octanol–water partition coefficient (Wildman–Crippen LogP) is 4.28. The van der Waals surface area contributed by atoms with Crippen molar-refractivity contribution in [2.24, 2.45) is 5.73 Å². The summed E-state index contributed by atoms with van der Waals surface area (Å²) in [6.45, 7) is 0. The van der Waals surface area contributed by atoms with Crippen LogP contribution in [0.25, 0.3) is 0 Å². The van der Waals surface area contributed by atoms with E-state index >= 15 is 0 Å². The van der Waals surface area contributed by atoms with Crippen molar-refractivity contribution in [1.82, 2.24) is 0 Å². The number of thiophene rings is 1. The summed E-state index contributed by atoms with van der Waals surface area (Å²) in [7, 11) is 0. The molecule has 4 heteroatoms. The second kappa shape index (κ2) is 5.76. The van der Waals surface area contributed by atoms with Crippen molar-refractivity contribution in [2.75, 3.05) is 0 Å². The summed E-state index contributed by atoms with van der Waals surface area (Å²) in [6, 6.07) is 8.77. The minimum atomic E-state index is -0.271. The fourth-order valence-corrected chi connectivity index (χ4v) is 3.12. The van der Waals surface area contributed by atoms with Gasteiger partial charge in [-0.15, -0.1) is 11.3 Å². The molecule has 2 rings (SSSR count). The van der Waals surface area contributed by atoms with Crippen molar-refractivity contribution in [1.29, 1.82) is 0 Å². The van der Waals surface area contributed by atoms with E-state index in [0.29, 0.717) is 5.56 Å². The zero-order chi connectivity index (χ0) is 12.3. The van der Waals surface area contributed by atoms with Crippen LogP contribution in [0.3, 0.4) is 0 Å². The van der Waals surface area contributed by atoms with Gasteiger partial charge in [-0.05, 0) is 36.4 Å². The van der Waals surface area contributed by atoms with E-state index in [1.807, 2.05) is 17.5 Å². The van der Waals surface area contributed by atoms with Crippen LogP contribution in [0, 0.1) is 5.82 Å². The van der Waals surface area contributed by atoms with Crippen LogP contribution in [-0.4, -0.2) is 0 Å². The zero-order valence-electron chi connectivity index (χ0n) is 9.20. The Morgan fingerprint density at radius 2 is 2.12 bits per heavy atom. The number of benzene rings is 1. The summed E-state index contributed by atoms with van der Waals surface area (Å²) in [5.74, 6) is -0.238. The number of hydrogen-bond acceptors (Lipinski definition) is 2. The first-order chi connectivity index (χ1) is 8.18. The maximum absolute atomic E-state index is 13.7. The van der Waals surface area contributed by atoms with Gasteiger partial charge in [0.15, 0.2) is 0 Å². The van der Waals surface area contributed by atoms with Crippen molar-refractivity contribution < 1.29 is 4.39 Å². The van der Waals surface area contributed by atoms with Crippen LogP contribution >= 0.6 is 27.3 Å². The van der Waals surface area contributed by atoms with Crippen molar-refractivity contribution in [2.45, 2.75) is 18.9 Å². The van der Waals surface area contributed by atoms with E-state index < -0.39 is 0 Å². The lowest BCUT2D eigenvalue weighted by Gasteiger charge is -2.14. The first-order valence-corrected chi connectivity index (χ1v) is 7.07. The Morgan fingerprint density at radius 1 is 1.29 bits per heavy atom. The zero-order valence-corrected chi connectivity index (χ0v) is 11.6. The molecule has 1 aromatic heterocycles. The molecule has 1 aromatic carbocycles. The van der Waals surface area contributed by atoms with E-state index in [1.54, 1.807) is 17.4 Å². The lowest BCUT2D eigenvalue weighted by molar-refractivity contribution is 0.562. The molecule has 1 nitrogen and oxygen atoms in total. The molecule has 2 N–H and O–H groups in total. The van der Waals surface area contributed by atoms with Gasteiger partial charge in [-0.25, -0.2) is 4.39 Å². The molecule has 0 fully saturated rings. The van der Waals surface area contributed by atoms with Gasteiger partial charge in [0, 0.05) is 21.0 Å². The van der Waals surface area contributed by atoms with E-state index in [1.165, 1.54) is 10.9 Å². The lowest BCUT2D eigenvalue weighted by Crippen LogP contribution is -2.13. The average Bonchev–Trinajstić information content (AvgIpc) is 2.79. The minimum absolute atomic E-state index is 0.238. The van der Waals surface area contributed by atoms with Crippen LogP contribution < -0.4 is 5.73 Å². The Bertz CT molecular complexity index is 464. The molecule has 0 bridgehead atoms. The highest BCUT2D eigenvalue weighted by Gasteiger charge is 2.14. The SMILES string of the molecule is NC(CCc1cccs1)c1c(F)cccc1Br. The Balaban J connectivity index is 2.07. The maximum Gasteiger partial charge on any atom is 0.129 e. The summed E-state index contributed by atoms with van der Waals surface area (Å²) in [4.78, 5) is 1.29. The molecule has 1 unspecified atom stereocenters. The van der Waals surface area contributed by atoms with Gasteiger partial charge in [-0.3, -0.25) is 0 Å².